The molecule has 106 valence electrons. The Kier molecular flexibility index (Phi) is 3.51. The fraction of sp³-hybridized carbons (Fsp3) is 0.133. The van der Waals surface area contributed by atoms with Crippen LogP contribution in [0.3, 0.4) is 0 Å². The van der Waals surface area contributed by atoms with Gasteiger partial charge < -0.3 is 9.84 Å². The summed E-state index contributed by atoms with van der Waals surface area (Å²) < 4.78 is 7.21. The molecule has 0 spiro atoms. The molecule has 0 amide bonds. The average Bonchev–Trinajstić information content (AvgIpc) is 2.97. The summed E-state index contributed by atoms with van der Waals surface area (Å²) in [5.41, 5.74) is -0.0693. The molecule has 0 aliphatic heterocycles. The number of hydrogen-bond donors (Lipinski definition) is 1. The lowest BCUT2D eigenvalue weighted by atomic mass is 10.1. The molecule has 3 aromatic rings. The van der Waals surface area contributed by atoms with Gasteiger partial charge in [-0.15, -0.1) is 5.10 Å². The molecule has 6 heteroatoms. The molecule has 0 aliphatic rings. The van der Waals surface area contributed by atoms with E-state index >= 15 is 0 Å². The van der Waals surface area contributed by atoms with Crippen LogP contribution >= 0.6 is 0 Å². The van der Waals surface area contributed by atoms with Crippen molar-refractivity contribution in [2.75, 3.05) is 6.61 Å². The van der Waals surface area contributed by atoms with Gasteiger partial charge in [-0.3, -0.25) is 0 Å². The minimum Gasteiger partial charge on any atom is -0.491 e. The smallest absolute Gasteiger partial charge is 0.358 e. The molecule has 1 N–H and O–H groups in total. The fourth-order valence-corrected chi connectivity index (χ4v) is 2.08. The first-order valence-corrected chi connectivity index (χ1v) is 6.48. The number of benzene rings is 2. The molecule has 6 nitrogen and oxygen atoms in total. The van der Waals surface area contributed by atoms with Crippen molar-refractivity contribution < 1.29 is 14.6 Å². The van der Waals surface area contributed by atoms with Crippen LogP contribution in [0.5, 0.6) is 5.75 Å². The lowest BCUT2D eigenvalue weighted by molar-refractivity contribution is 0.0690. The number of aromatic carboxylic acids is 1. The molecule has 0 saturated carbocycles. The van der Waals surface area contributed by atoms with Crippen LogP contribution in [0.4, 0.5) is 0 Å². The maximum Gasteiger partial charge on any atom is 0.358 e. The Morgan fingerprint density at radius 2 is 2.00 bits per heavy atom. The van der Waals surface area contributed by atoms with E-state index < -0.39 is 5.97 Å². The second-order valence-electron chi connectivity index (χ2n) is 4.50. The molecular weight excluding hydrogens is 270 g/mol. The summed E-state index contributed by atoms with van der Waals surface area (Å²) in [5, 5.41) is 18.2. The number of ether oxygens (including phenoxy) is 1. The van der Waals surface area contributed by atoms with Crippen molar-refractivity contribution in [3.05, 3.63) is 54.4 Å². The topological polar surface area (TPSA) is 77.2 Å². The van der Waals surface area contributed by atoms with E-state index in [-0.39, 0.29) is 5.69 Å². The van der Waals surface area contributed by atoms with Gasteiger partial charge in [0.2, 0.25) is 0 Å². The van der Waals surface area contributed by atoms with E-state index in [4.69, 9.17) is 9.84 Å². The van der Waals surface area contributed by atoms with Crippen LogP contribution in [0.1, 0.15) is 10.5 Å². The molecule has 0 atom stereocenters. The SMILES string of the molecule is O=C(O)c1cn(CCOc2cccc3ccccc23)nn1. The van der Waals surface area contributed by atoms with E-state index in [0.29, 0.717) is 13.2 Å². The number of fused-ring (bicyclic) bond motifs is 1. The van der Waals surface area contributed by atoms with Gasteiger partial charge in [0.25, 0.3) is 0 Å². The van der Waals surface area contributed by atoms with Crippen molar-refractivity contribution in [3.8, 4) is 5.75 Å². The van der Waals surface area contributed by atoms with Crippen molar-refractivity contribution >= 4 is 16.7 Å². The average molecular weight is 283 g/mol. The van der Waals surface area contributed by atoms with Gasteiger partial charge in [-0.25, -0.2) is 9.48 Å². The molecule has 0 radical (unpaired) electrons. The highest BCUT2D eigenvalue weighted by atomic mass is 16.5. The summed E-state index contributed by atoms with van der Waals surface area (Å²) in [5.74, 6) is -0.289. The lowest BCUT2D eigenvalue weighted by Gasteiger charge is -2.09. The van der Waals surface area contributed by atoms with Crippen LogP contribution in [0.2, 0.25) is 0 Å². The van der Waals surface area contributed by atoms with Crippen molar-refractivity contribution in [2.45, 2.75) is 6.54 Å². The minimum absolute atomic E-state index is 0.0693. The number of carboxylic acids is 1. The Balaban J connectivity index is 1.68. The van der Waals surface area contributed by atoms with Gasteiger partial charge in [0, 0.05) is 5.39 Å². The van der Waals surface area contributed by atoms with Gasteiger partial charge in [0.15, 0.2) is 5.69 Å². The summed E-state index contributed by atoms with van der Waals surface area (Å²) in [6, 6.07) is 13.9. The summed E-state index contributed by atoms with van der Waals surface area (Å²) in [6.45, 7) is 0.819. The second-order valence-corrected chi connectivity index (χ2v) is 4.50. The van der Waals surface area contributed by atoms with Crippen LogP contribution in [0, 0.1) is 0 Å². The summed E-state index contributed by atoms with van der Waals surface area (Å²) in [6.07, 6.45) is 1.38. The van der Waals surface area contributed by atoms with Crippen molar-refractivity contribution in [3.63, 3.8) is 0 Å². The molecule has 21 heavy (non-hydrogen) atoms. The highest BCUT2D eigenvalue weighted by molar-refractivity contribution is 5.88. The van der Waals surface area contributed by atoms with E-state index in [1.807, 2.05) is 42.5 Å². The predicted molar refractivity (Wildman–Crippen MR) is 76.4 cm³/mol. The van der Waals surface area contributed by atoms with E-state index in [0.717, 1.165) is 16.5 Å². The molecule has 1 aromatic heterocycles. The maximum absolute atomic E-state index is 10.7. The van der Waals surface area contributed by atoms with Crippen molar-refractivity contribution in [1.82, 2.24) is 15.0 Å². The van der Waals surface area contributed by atoms with Crippen LogP contribution < -0.4 is 4.74 Å². The number of carboxylic acid groups (broad SMARTS) is 1. The summed E-state index contributed by atoms with van der Waals surface area (Å²) in [7, 11) is 0. The zero-order valence-electron chi connectivity index (χ0n) is 11.1. The minimum atomic E-state index is -1.09. The lowest BCUT2D eigenvalue weighted by Crippen LogP contribution is -2.09. The van der Waals surface area contributed by atoms with Gasteiger partial charge in [0.05, 0.1) is 12.7 Å². The third-order valence-corrected chi connectivity index (χ3v) is 3.09. The van der Waals surface area contributed by atoms with E-state index in [1.54, 1.807) is 0 Å². The standard InChI is InChI=1S/C15H13N3O3/c19-15(20)13-10-18(17-16-13)8-9-21-14-7-3-5-11-4-1-2-6-12(11)14/h1-7,10H,8-9H2,(H,19,20). The molecule has 0 fully saturated rings. The van der Waals surface area contributed by atoms with Crippen molar-refractivity contribution in [2.24, 2.45) is 0 Å². The largest absolute Gasteiger partial charge is 0.491 e. The van der Waals surface area contributed by atoms with E-state index in [2.05, 4.69) is 10.3 Å². The van der Waals surface area contributed by atoms with Gasteiger partial charge in [0.1, 0.15) is 12.4 Å². The third-order valence-electron chi connectivity index (χ3n) is 3.09. The molecule has 0 saturated heterocycles. The summed E-state index contributed by atoms with van der Waals surface area (Å²) in [4.78, 5) is 10.7. The van der Waals surface area contributed by atoms with Gasteiger partial charge in [-0.2, -0.15) is 0 Å². The van der Waals surface area contributed by atoms with Gasteiger partial charge in [-0.1, -0.05) is 41.6 Å². The molecule has 0 aliphatic carbocycles. The molecule has 1 heterocycles. The van der Waals surface area contributed by atoms with E-state index in [9.17, 15) is 4.79 Å². The zero-order valence-corrected chi connectivity index (χ0v) is 11.1. The molecular formula is C15H13N3O3. The number of nitrogens with zero attached hydrogens (tertiary/aromatic N) is 3. The first kappa shape index (κ1) is 13.1. The number of aromatic nitrogens is 3. The molecule has 0 bridgehead atoms. The van der Waals surface area contributed by atoms with Crippen molar-refractivity contribution in [1.29, 1.82) is 0 Å². The number of rotatable bonds is 5. The fourth-order valence-electron chi connectivity index (χ4n) is 2.08. The Morgan fingerprint density at radius 1 is 1.19 bits per heavy atom. The zero-order chi connectivity index (χ0) is 14.7. The number of hydrogen-bond acceptors (Lipinski definition) is 4. The quantitative estimate of drug-likeness (QED) is 0.776. The molecule has 0 unspecified atom stereocenters. The molecule has 2 aromatic carbocycles. The molecule has 3 rings (SSSR count). The van der Waals surface area contributed by atoms with Crippen LogP contribution in [0.15, 0.2) is 48.7 Å². The van der Waals surface area contributed by atoms with Crippen LogP contribution in [0.25, 0.3) is 10.8 Å². The van der Waals surface area contributed by atoms with Gasteiger partial charge in [-0.05, 0) is 11.5 Å². The first-order chi connectivity index (χ1) is 10.2. The Labute approximate surface area is 120 Å². The first-order valence-electron chi connectivity index (χ1n) is 6.48. The maximum atomic E-state index is 10.7. The summed E-state index contributed by atoms with van der Waals surface area (Å²) >= 11 is 0. The Morgan fingerprint density at radius 3 is 2.81 bits per heavy atom. The second kappa shape index (κ2) is 5.62. The monoisotopic (exact) mass is 283 g/mol. The Bertz CT molecular complexity index is 777. The van der Waals surface area contributed by atoms with Crippen LogP contribution in [-0.4, -0.2) is 32.7 Å². The predicted octanol–water partition coefficient (Wildman–Crippen LogP) is 2.21. The highest BCUT2D eigenvalue weighted by Crippen LogP contribution is 2.24. The normalized spacial score (nSPS) is 10.7. The third kappa shape index (κ3) is 2.84. The van der Waals surface area contributed by atoms with E-state index in [1.165, 1.54) is 10.9 Å². The Hall–Kier alpha value is -2.89. The highest BCUT2D eigenvalue weighted by Gasteiger charge is 2.08. The van der Waals surface area contributed by atoms with Gasteiger partial charge >= 0.3 is 5.97 Å². The van der Waals surface area contributed by atoms with Crippen LogP contribution in [-0.2, 0) is 6.54 Å². The number of carbonyl (C=O) groups is 1.